The zero-order valence-corrected chi connectivity index (χ0v) is 18.2. The second-order valence-corrected chi connectivity index (χ2v) is 8.15. The first kappa shape index (κ1) is 22.5. The molecule has 1 aliphatic heterocycles. The average molecular weight is 428 g/mol. The molecule has 3 heterocycles. The molecule has 2 unspecified atom stereocenters. The van der Waals surface area contributed by atoms with Crippen LogP contribution in [-0.4, -0.2) is 64.3 Å². The van der Waals surface area contributed by atoms with Gasteiger partial charge in [-0.3, -0.25) is 19.4 Å². The van der Waals surface area contributed by atoms with Gasteiger partial charge in [-0.25, -0.2) is 0 Å². The molecule has 3 rings (SSSR count). The summed E-state index contributed by atoms with van der Waals surface area (Å²) in [6.07, 6.45) is 5.56. The predicted octanol–water partition coefficient (Wildman–Crippen LogP) is 1.78. The van der Waals surface area contributed by atoms with Gasteiger partial charge in [0.2, 0.25) is 11.8 Å². The van der Waals surface area contributed by atoms with Crippen molar-refractivity contribution >= 4 is 17.7 Å². The molecule has 1 fully saturated rings. The van der Waals surface area contributed by atoms with Crippen molar-refractivity contribution in [3.8, 4) is 0 Å². The molecule has 3 amide bonds. The van der Waals surface area contributed by atoms with E-state index >= 15 is 0 Å². The zero-order chi connectivity index (χ0) is 22.4. The van der Waals surface area contributed by atoms with Crippen molar-refractivity contribution < 1.29 is 18.9 Å². The van der Waals surface area contributed by atoms with Gasteiger partial charge >= 0.3 is 0 Å². The molecule has 9 heteroatoms. The van der Waals surface area contributed by atoms with Gasteiger partial charge in [0.1, 0.15) is 5.76 Å². The minimum absolute atomic E-state index is 0.0499. The van der Waals surface area contributed by atoms with Gasteiger partial charge in [-0.15, -0.1) is 0 Å². The Morgan fingerprint density at radius 3 is 2.84 bits per heavy atom. The molecule has 0 bridgehead atoms. The number of aryl methyl sites for hydroxylation is 1. The van der Waals surface area contributed by atoms with E-state index in [1.165, 1.54) is 0 Å². The van der Waals surface area contributed by atoms with Crippen molar-refractivity contribution in [2.45, 2.75) is 45.2 Å². The van der Waals surface area contributed by atoms with Crippen LogP contribution in [0.4, 0.5) is 0 Å². The van der Waals surface area contributed by atoms with Crippen molar-refractivity contribution in [3.63, 3.8) is 0 Å². The summed E-state index contributed by atoms with van der Waals surface area (Å²) >= 11 is 0. The van der Waals surface area contributed by atoms with Crippen LogP contribution in [0.5, 0.6) is 0 Å². The van der Waals surface area contributed by atoms with Crippen LogP contribution in [0.2, 0.25) is 0 Å². The third-order valence-electron chi connectivity index (χ3n) is 5.51. The maximum Gasteiger partial charge on any atom is 0.273 e. The molecule has 0 aliphatic carbocycles. The molecular weight excluding hydrogens is 398 g/mol. The number of carbonyl (C=O) groups excluding carboxylic acids is 3. The largest absolute Gasteiger partial charge is 0.361 e. The third kappa shape index (κ3) is 6.13. The highest BCUT2D eigenvalue weighted by Crippen LogP contribution is 2.21. The van der Waals surface area contributed by atoms with Gasteiger partial charge in [0.25, 0.3) is 5.91 Å². The van der Waals surface area contributed by atoms with Crippen LogP contribution < -0.4 is 5.32 Å². The number of hydrogen-bond donors (Lipinski definition) is 1. The Kier molecular flexibility index (Phi) is 7.38. The smallest absolute Gasteiger partial charge is 0.273 e. The van der Waals surface area contributed by atoms with Gasteiger partial charge < -0.3 is 19.6 Å². The molecule has 2 aromatic heterocycles. The number of amides is 3. The summed E-state index contributed by atoms with van der Waals surface area (Å²) in [5, 5.41) is 6.68. The molecule has 0 saturated carbocycles. The van der Waals surface area contributed by atoms with E-state index in [9.17, 15) is 14.4 Å². The third-order valence-corrected chi connectivity index (χ3v) is 5.51. The molecule has 0 radical (unpaired) electrons. The quantitative estimate of drug-likeness (QED) is 0.779. The first-order valence-electron chi connectivity index (χ1n) is 10.5. The lowest BCUT2D eigenvalue weighted by Gasteiger charge is -2.25. The topological polar surface area (TPSA) is 109 Å². The Labute approximate surface area is 181 Å². The fourth-order valence-corrected chi connectivity index (χ4v) is 3.82. The molecule has 2 aromatic rings. The highest BCUT2D eigenvalue weighted by molar-refractivity contribution is 5.92. The summed E-state index contributed by atoms with van der Waals surface area (Å²) in [5.74, 6) is -0.309. The van der Waals surface area contributed by atoms with Gasteiger partial charge in [-0.1, -0.05) is 17.6 Å². The maximum absolute atomic E-state index is 13.0. The van der Waals surface area contributed by atoms with E-state index in [1.807, 2.05) is 12.1 Å². The van der Waals surface area contributed by atoms with Gasteiger partial charge in [-0.05, 0) is 31.4 Å². The van der Waals surface area contributed by atoms with E-state index in [4.69, 9.17) is 4.52 Å². The molecule has 2 atom stereocenters. The van der Waals surface area contributed by atoms with Crippen molar-refractivity contribution in [3.05, 3.63) is 47.6 Å². The molecule has 0 spiro atoms. The Bertz CT molecular complexity index is 914. The SMILES string of the molecule is Cc1cc(C(=O)NC2CCCC(C(=O)N(C)Cc3cccnc3)CC(=O)N(C)C2)no1. The Morgan fingerprint density at radius 1 is 1.35 bits per heavy atom. The average Bonchev–Trinajstić information content (AvgIpc) is 3.20. The monoisotopic (exact) mass is 427 g/mol. The fourth-order valence-electron chi connectivity index (χ4n) is 3.82. The molecule has 1 N–H and O–H groups in total. The Hall–Kier alpha value is -3.23. The summed E-state index contributed by atoms with van der Waals surface area (Å²) in [5.41, 5.74) is 1.16. The van der Waals surface area contributed by atoms with Crippen molar-refractivity contribution in [1.29, 1.82) is 0 Å². The Balaban J connectivity index is 1.62. The van der Waals surface area contributed by atoms with E-state index < -0.39 is 0 Å². The van der Waals surface area contributed by atoms with Crippen LogP contribution in [0.1, 0.15) is 47.5 Å². The van der Waals surface area contributed by atoms with E-state index in [2.05, 4.69) is 15.5 Å². The van der Waals surface area contributed by atoms with Gasteiger partial charge in [0.05, 0.1) is 0 Å². The Morgan fingerprint density at radius 2 is 2.16 bits per heavy atom. The van der Waals surface area contributed by atoms with Crippen LogP contribution in [0, 0.1) is 12.8 Å². The minimum atomic E-state index is -0.385. The zero-order valence-electron chi connectivity index (χ0n) is 18.2. The van der Waals surface area contributed by atoms with E-state index in [-0.39, 0.29) is 41.8 Å². The van der Waals surface area contributed by atoms with E-state index in [0.717, 1.165) is 12.0 Å². The number of nitrogens with zero attached hydrogens (tertiary/aromatic N) is 4. The van der Waals surface area contributed by atoms with Crippen molar-refractivity contribution in [2.24, 2.45) is 5.92 Å². The van der Waals surface area contributed by atoms with Gasteiger partial charge in [0.15, 0.2) is 5.69 Å². The molecule has 31 heavy (non-hydrogen) atoms. The molecule has 0 aromatic carbocycles. The number of likely N-dealkylation sites (N-methyl/N-ethyl adjacent to an activating group) is 1. The van der Waals surface area contributed by atoms with E-state index in [0.29, 0.717) is 31.7 Å². The summed E-state index contributed by atoms with van der Waals surface area (Å²) in [6, 6.07) is 5.11. The lowest BCUT2D eigenvalue weighted by atomic mass is 9.95. The number of aromatic nitrogens is 2. The molecule has 1 saturated heterocycles. The number of carbonyl (C=O) groups is 3. The fraction of sp³-hybridized carbons (Fsp3) is 0.500. The van der Waals surface area contributed by atoms with Crippen LogP contribution in [0.3, 0.4) is 0 Å². The number of pyridine rings is 1. The van der Waals surface area contributed by atoms with Crippen LogP contribution in [0.25, 0.3) is 0 Å². The second kappa shape index (κ2) is 10.2. The molecule has 166 valence electrons. The van der Waals surface area contributed by atoms with Crippen LogP contribution in [0.15, 0.2) is 35.1 Å². The molecule has 9 nitrogen and oxygen atoms in total. The molecule has 1 aliphatic rings. The van der Waals surface area contributed by atoms with Crippen molar-refractivity contribution in [2.75, 3.05) is 20.6 Å². The second-order valence-electron chi connectivity index (χ2n) is 8.15. The maximum atomic E-state index is 13.0. The highest BCUT2D eigenvalue weighted by Gasteiger charge is 2.29. The van der Waals surface area contributed by atoms with Gasteiger partial charge in [0, 0.05) is 64.0 Å². The highest BCUT2D eigenvalue weighted by atomic mass is 16.5. The summed E-state index contributed by atoms with van der Waals surface area (Å²) in [6.45, 7) is 2.55. The summed E-state index contributed by atoms with van der Waals surface area (Å²) < 4.78 is 4.96. The molecular formula is C22H29N5O4. The lowest BCUT2D eigenvalue weighted by Crippen LogP contribution is -2.44. The number of rotatable bonds is 5. The minimum Gasteiger partial charge on any atom is -0.361 e. The van der Waals surface area contributed by atoms with E-state index in [1.54, 1.807) is 49.3 Å². The lowest BCUT2D eigenvalue weighted by molar-refractivity contribution is -0.140. The summed E-state index contributed by atoms with van der Waals surface area (Å²) in [7, 11) is 3.45. The van der Waals surface area contributed by atoms with Gasteiger partial charge in [-0.2, -0.15) is 0 Å². The predicted molar refractivity (Wildman–Crippen MR) is 113 cm³/mol. The first-order valence-corrected chi connectivity index (χ1v) is 10.5. The van der Waals surface area contributed by atoms with Crippen LogP contribution >= 0.6 is 0 Å². The normalized spacial score (nSPS) is 19.8. The number of nitrogens with one attached hydrogen (secondary N) is 1. The van der Waals surface area contributed by atoms with Crippen molar-refractivity contribution in [1.82, 2.24) is 25.3 Å². The summed E-state index contributed by atoms with van der Waals surface area (Å²) in [4.78, 5) is 45.5. The number of hydrogen-bond acceptors (Lipinski definition) is 6. The van der Waals surface area contributed by atoms with Crippen LogP contribution in [-0.2, 0) is 16.1 Å². The first-order chi connectivity index (χ1) is 14.8. The standard InChI is InChI=1S/C22H29N5O4/c1-15-10-19(25-31-15)21(29)24-18-8-4-7-17(11-20(28)26(2)14-18)22(30)27(3)13-16-6-5-9-23-12-16/h5-6,9-10,12,17-18H,4,7-8,11,13-14H2,1-3H3,(H,24,29).